The van der Waals surface area contributed by atoms with Crippen LogP contribution in [0.4, 0.5) is 0 Å². The number of aromatic hydroxyl groups is 1. The molecule has 0 saturated carbocycles. The maximum Gasteiger partial charge on any atom is 0.323 e. The Labute approximate surface area is 200 Å². The van der Waals surface area contributed by atoms with Gasteiger partial charge in [0.1, 0.15) is 12.3 Å². The average Bonchev–Trinajstić information content (AvgIpc) is 2.79. The number of carbonyl (C=O) groups excluding carboxylic acids is 2. The lowest BCUT2D eigenvalue weighted by molar-refractivity contribution is -0.145. The predicted octanol–water partition coefficient (Wildman–Crippen LogP) is 4.20. The summed E-state index contributed by atoms with van der Waals surface area (Å²) >= 11 is 0. The number of nitrogens with zero attached hydrogens (tertiary/aromatic N) is 1. The van der Waals surface area contributed by atoms with Gasteiger partial charge in [-0.15, -0.1) is 0 Å². The summed E-state index contributed by atoms with van der Waals surface area (Å²) < 4.78 is 5.19. The lowest BCUT2D eigenvalue weighted by Gasteiger charge is -2.28. The van der Waals surface area contributed by atoms with Crippen molar-refractivity contribution in [3.05, 3.63) is 64.7 Å². The van der Waals surface area contributed by atoms with E-state index < -0.39 is 5.97 Å². The van der Waals surface area contributed by atoms with E-state index in [4.69, 9.17) is 4.74 Å². The van der Waals surface area contributed by atoms with Gasteiger partial charge in [-0.2, -0.15) is 0 Å². The van der Waals surface area contributed by atoms with E-state index in [-0.39, 0.29) is 49.5 Å². The molecule has 2 N–H and O–H groups in total. The molecule has 1 aliphatic rings. The third-order valence-electron chi connectivity index (χ3n) is 6.17. The summed E-state index contributed by atoms with van der Waals surface area (Å²) in [5, 5.41) is 19.1. The number of rotatable bonds is 11. The van der Waals surface area contributed by atoms with Crippen molar-refractivity contribution in [1.29, 1.82) is 0 Å². The van der Waals surface area contributed by atoms with Crippen LogP contribution in [0.3, 0.4) is 0 Å². The molecule has 2 aromatic rings. The fraction of sp³-hybridized carbons (Fsp3) is 0.444. The van der Waals surface area contributed by atoms with Crippen molar-refractivity contribution in [3.8, 4) is 5.75 Å². The molecule has 0 spiro atoms. The Bertz CT molecular complexity index is 1000. The van der Waals surface area contributed by atoms with Gasteiger partial charge in [0.15, 0.2) is 0 Å². The minimum atomic E-state index is -1.06. The van der Waals surface area contributed by atoms with Crippen molar-refractivity contribution in [2.45, 2.75) is 64.3 Å². The molecular weight excluding hydrogens is 434 g/mol. The molecule has 3 rings (SSSR count). The summed E-state index contributed by atoms with van der Waals surface area (Å²) in [6.45, 7) is 2.26. The molecule has 0 bridgehead atoms. The first kappa shape index (κ1) is 25.3. The van der Waals surface area contributed by atoms with Crippen LogP contribution >= 0.6 is 0 Å². The van der Waals surface area contributed by atoms with Gasteiger partial charge in [-0.05, 0) is 66.0 Å². The van der Waals surface area contributed by atoms with E-state index in [0.717, 1.165) is 54.4 Å². The maximum atomic E-state index is 13.1. The zero-order chi connectivity index (χ0) is 24.5. The van der Waals surface area contributed by atoms with Gasteiger partial charge in [0, 0.05) is 13.0 Å². The standard InChI is InChI=1S/C27H33NO6/c1-2-3-13-34-27(33)14-19-7-9-20(10-8-19)17-28(18-26(31)32)25(30)16-22-6-4-5-21-15-23(29)11-12-24(21)22/h7-12,15,22,29H,2-6,13-14,16-18H2,1H3,(H,31,32). The number of phenols is 1. The van der Waals surface area contributed by atoms with Crippen molar-refractivity contribution in [1.82, 2.24) is 4.90 Å². The van der Waals surface area contributed by atoms with Crippen molar-refractivity contribution in [3.63, 3.8) is 0 Å². The van der Waals surface area contributed by atoms with Crippen LogP contribution in [0.1, 0.15) is 67.2 Å². The third kappa shape index (κ3) is 7.33. The van der Waals surface area contributed by atoms with Crippen LogP contribution in [-0.4, -0.2) is 46.1 Å². The molecule has 1 amide bonds. The average molecular weight is 468 g/mol. The zero-order valence-electron chi connectivity index (χ0n) is 19.7. The molecule has 0 saturated heterocycles. The Balaban J connectivity index is 1.63. The highest BCUT2D eigenvalue weighted by Crippen LogP contribution is 2.36. The fourth-order valence-electron chi connectivity index (χ4n) is 4.38. The van der Waals surface area contributed by atoms with Gasteiger partial charge in [-0.25, -0.2) is 0 Å². The van der Waals surface area contributed by atoms with Gasteiger partial charge in [-0.3, -0.25) is 14.4 Å². The van der Waals surface area contributed by atoms with Crippen LogP contribution in [0.25, 0.3) is 0 Å². The number of amides is 1. The van der Waals surface area contributed by atoms with E-state index in [9.17, 15) is 24.6 Å². The fourth-order valence-corrected chi connectivity index (χ4v) is 4.38. The number of ether oxygens (including phenoxy) is 1. The molecule has 0 fully saturated rings. The molecule has 0 aliphatic heterocycles. The van der Waals surface area contributed by atoms with Crippen molar-refractivity contribution < 1.29 is 29.3 Å². The van der Waals surface area contributed by atoms with E-state index in [1.165, 1.54) is 4.90 Å². The first-order valence-electron chi connectivity index (χ1n) is 11.9. The Morgan fingerprint density at radius 2 is 1.82 bits per heavy atom. The SMILES string of the molecule is CCCCOC(=O)Cc1ccc(CN(CC(=O)O)C(=O)CC2CCCc3cc(O)ccc32)cc1. The molecule has 182 valence electrons. The molecule has 0 radical (unpaired) electrons. The Hall–Kier alpha value is -3.35. The highest BCUT2D eigenvalue weighted by Gasteiger charge is 2.26. The quantitative estimate of drug-likeness (QED) is 0.379. The highest BCUT2D eigenvalue weighted by molar-refractivity contribution is 5.82. The van der Waals surface area contributed by atoms with E-state index in [1.54, 1.807) is 12.1 Å². The Morgan fingerprint density at radius 1 is 1.09 bits per heavy atom. The van der Waals surface area contributed by atoms with Gasteiger partial charge < -0.3 is 19.8 Å². The molecule has 0 heterocycles. The van der Waals surface area contributed by atoms with Crippen LogP contribution < -0.4 is 0 Å². The second-order valence-corrected chi connectivity index (χ2v) is 8.89. The number of esters is 1. The Kier molecular flexibility index (Phi) is 9.08. The molecule has 2 aromatic carbocycles. The van der Waals surface area contributed by atoms with Crippen LogP contribution in [0.2, 0.25) is 0 Å². The second-order valence-electron chi connectivity index (χ2n) is 8.89. The monoisotopic (exact) mass is 467 g/mol. The van der Waals surface area contributed by atoms with E-state index in [2.05, 4.69) is 0 Å². The number of unbranched alkanes of at least 4 members (excludes halogenated alkanes) is 1. The summed E-state index contributed by atoms with van der Waals surface area (Å²) in [6.07, 6.45) is 4.86. The molecule has 1 aliphatic carbocycles. The number of phenolic OH excluding ortho intramolecular Hbond substituents is 1. The molecule has 7 nitrogen and oxygen atoms in total. The molecule has 34 heavy (non-hydrogen) atoms. The second kappa shape index (κ2) is 12.2. The number of carboxylic acid groups (broad SMARTS) is 1. The van der Waals surface area contributed by atoms with Crippen LogP contribution in [0, 0.1) is 0 Å². The molecule has 0 aromatic heterocycles. The lowest BCUT2D eigenvalue weighted by Crippen LogP contribution is -2.36. The molecule has 7 heteroatoms. The smallest absolute Gasteiger partial charge is 0.323 e. The predicted molar refractivity (Wildman–Crippen MR) is 127 cm³/mol. The van der Waals surface area contributed by atoms with Crippen molar-refractivity contribution in [2.24, 2.45) is 0 Å². The van der Waals surface area contributed by atoms with Gasteiger partial charge >= 0.3 is 11.9 Å². The summed E-state index contributed by atoms with van der Waals surface area (Å²) in [5.41, 5.74) is 3.72. The Morgan fingerprint density at radius 3 is 2.53 bits per heavy atom. The minimum absolute atomic E-state index is 0.00856. The lowest BCUT2D eigenvalue weighted by atomic mass is 9.80. The first-order chi connectivity index (χ1) is 16.4. The van der Waals surface area contributed by atoms with Crippen molar-refractivity contribution in [2.75, 3.05) is 13.2 Å². The number of hydrogen-bond acceptors (Lipinski definition) is 5. The van der Waals surface area contributed by atoms with E-state index in [1.807, 2.05) is 37.3 Å². The largest absolute Gasteiger partial charge is 0.508 e. The highest BCUT2D eigenvalue weighted by atomic mass is 16.5. The molecule has 1 atom stereocenters. The van der Waals surface area contributed by atoms with Crippen LogP contribution in [-0.2, 0) is 38.5 Å². The molecule has 1 unspecified atom stereocenters. The summed E-state index contributed by atoms with van der Waals surface area (Å²) in [6, 6.07) is 12.5. The summed E-state index contributed by atoms with van der Waals surface area (Å²) in [5.74, 6) is -1.32. The van der Waals surface area contributed by atoms with E-state index in [0.29, 0.717) is 6.61 Å². The maximum absolute atomic E-state index is 13.1. The normalized spacial score (nSPS) is 14.8. The molecular formula is C27H33NO6. The number of aliphatic carboxylic acids is 1. The zero-order valence-corrected chi connectivity index (χ0v) is 19.7. The number of benzene rings is 2. The number of hydrogen-bond donors (Lipinski definition) is 2. The van der Waals surface area contributed by atoms with Gasteiger partial charge in [0.2, 0.25) is 5.91 Å². The van der Waals surface area contributed by atoms with E-state index >= 15 is 0 Å². The summed E-state index contributed by atoms with van der Waals surface area (Å²) in [4.78, 5) is 37.8. The van der Waals surface area contributed by atoms with Gasteiger partial charge in [-0.1, -0.05) is 43.7 Å². The van der Waals surface area contributed by atoms with Crippen LogP contribution in [0.15, 0.2) is 42.5 Å². The van der Waals surface area contributed by atoms with Crippen molar-refractivity contribution >= 4 is 17.8 Å². The van der Waals surface area contributed by atoms with Crippen LogP contribution in [0.5, 0.6) is 5.75 Å². The minimum Gasteiger partial charge on any atom is -0.508 e. The number of carboxylic acids is 1. The van der Waals surface area contributed by atoms with Gasteiger partial charge in [0.25, 0.3) is 0 Å². The number of aryl methyl sites for hydroxylation is 1. The van der Waals surface area contributed by atoms with Gasteiger partial charge in [0.05, 0.1) is 13.0 Å². The third-order valence-corrected chi connectivity index (χ3v) is 6.17. The summed E-state index contributed by atoms with van der Waals surface area (Å²) in [7, 11) is 0. The number of fused-ring (bicyclic) bond motifs is 1. The number of carbonyl (C=O) groups is 3. The topological polar surface area (TPSA) is 104 Å². The first-order valence-corrected chi connectivity index (χ1v) is 11.9.